The Hall–Kier alpha value is -2.61. The van der Waals surface area contributed by atoms with E-state index in [9.17, 15) is 4.79 Å². The molecule has 0 saturated carbocycles. The van der Waals surface area contributed by atoms with E-state index in [2.05, 4.69) is 5.32 Å². The first-order valence-electron chi connectivity index (χ1n) is 10.1. The van der Waals surface area contributed by atoms with Gasteiger partial charge in [0.15, 0.2) is 5.11 Å². The molecule has 0 aliphatic carbocycles. The van der Waals surface area contributed by atoms with Crippen molar-refractivity contribution < 1.29 is 19.0 Å². The summed E-state index contributed by atoms with van der Waals surface area (Å²) in [5, 5.41) is 3.97. The van der Waals surface area contributed by atoms with Crippen molar-refractivity contribution in [1.29, 1.82) is 0 Å². The van der Waals surface area contributed by atoms with Crippen molar-refractivity contribution in [3.8, 4) is 11.5 Å². The summed E-state index contributed by atoms with van der Waals surface area (Å²) in [4.78, 5) is 14.4. The SMILES string of the molecule is COc1ccc(/C=C2/NC(=S)N(CC3CCCO3)C2=O)cc1COc1ccccc1Cl. The van der Waals surface area contributed by atoms with Gasteiger partial charge in [-0.05, 0) is 61.0 Å². The van der Waals surface area contributed by atoms with Crippen LogP contribution in [0, 0.1) is 0 Å². The number of nitrogens with one attached hydrogen (secondary N) is 1. The number of halogens is 1. The Balaban J connectivity index is 1.50. The molecule has 2 aliphatic rings. The van der Waals surface area contributed by atoms with Gasteiger partial charge in [-0.25, -0.2) is 0 Å². The first kappa shape index (κ1) is 21.6. The first-order chi connectivity index (χ1) is 15.0. The van der Waals surface area contributed by atoms with Gasteiger partial charge < -0.3 is 19.5 Å². The average Bonchev–Trinajstić information content (AvgIpc) is 3.37. The Morgan fingerprint density at radius 3 is 2.87 bits per heavy atom. The molecule has 1 unspecified atom stereocenters. The van der Waals surface area contributed by atoms with Crippen molar-refractivity contribution >= 4 is 40.9 Å². The molecular formula is C23H23ClN2O4S. The van der Waals surface area contributed by atoms with Gasteiger partial charge in [-0.1, -0.05) is 29.8 Å². The van der Waals surface area contributed by atoms with Gasteiger partial charge in [0.2, 0.25) is 0 Å². The Morgan fingerprint density at radius 1 is 1.29 bits per heavy atom. The minimum absolute atomic E-state index is 0.0394. The summed E-state index contributed by atoms with van der Waals surface area (Å²) in [6.45, 7) is 1.48. The highest BCUT2D eigenvalue weighted by Gasteiger charge is 2.33. The minimum atomic E-state index is -0.148. The fraction of sp³-hybridized carbons (Fsp3) is 0.304. The third-order valence-electron chi connectivity index (χ3n) is 5.21. The fourth-order valence-corrected chi connectivity index (χ4v) is 4.07. The topological polar surface area (TPSA) is 60.0 Å². The van der Waals surface area contributed by atoms with Gasteiger partial charge in [-0.2, -0.15) is 0 Å². The monoisotopic (exact) mass is 458 g/mol. The van der Waals surface area contributed by atoms with E-state index in [0.717, 1.165) is 30.6 Å². The highest BCUT2D eigenvalue weighted by atomic mass is 35.5. The number of ether oxygens (including phenoxy) is 3. The van der Waals surface area contributed by atoms with Crippen molar-refractivity contribution in [3.05, 3.63) is 64.3 Å². The number of para-hydroxylation sites is 1. The number of carbonyl (C=O) groups is 1. The van der Waals surface area contributed by atoms with E-state index < -0.39 is 0 Å². The van der Waals surface area contributed by atoms with E-state index in [0.29, 0.717) is 33.9 Å². The van der Waals surface area contributed by atoms with Crippen LogP contribution < -0.4 is 14.8 Å². The van der Waals surface area contributed by atoms with E-state index in [1.54, 1.807) is 24.2 Å². The first-order valence-corrected chi connectivity index (χ1v) is 10.8. The molecule has 2 fully saturated rings. The van der Waals surface area contributed by atoms with Gasteiger partial charge in [0.1, 0.15) is 23.8 Å². The van der Waals surface area contributed by atoms with Crippen LogP contribution in [0.2, 0.25) is 5.02 Å². The van der Waals surface area contributed by atoms with Crippen molar-refractivity contribution in [3.63, 3.8) is 0 Å². The minimum Gasteiger partial charge on any atom is -0.496 e. The molecule has 2 heterocycles. The average molecular weight is 459 g/mol. The van der Waals surface area contributed by atoms with Gasteiger partial charge in [-0.15, -0.1) is 0 Å². The highest BCUT2D eigenvalue weighted by Crippen LogP contribution is 2.28. The number of hydrogen-bond acceptors (Lipinski definition) is 5. The lowest BCUT2D eigenvalue weighted by Crippen LogP contribution is -2.37. The van der Waals surface area contributed by atoms with Crippen molar-refractivity contribution in [1.82, 2.24) is 10.2 Å². The van der Waals surface area contributed by atoms with Gasteiger partial charge in [0, 0.05) is 12.2 Å². The standard InChI is InChI=1S/C23H23ClN2O4S/c1-28-20-9-8-15(11-16(20)14-30-21-7-3-2-6-18(21)24)12-19-22(27)26(23(31)25-19)13-17-5-4-10-29-17/h2-3,6-9,11-12,17H,4-5,10,13-14H2,1H3,(H,25,31)/b19-12+. The summed E-state index contributed by atoms with van der Waals surface area (Å²) in [7, 11) is 1.61. The molecule has 2 aromatic rings. The van der Waals surface area contributed by atoms with Crippen LogP contribution >= 0.6 is 23.8 Å². The number of amides is 1. The zero-order chi connectivity index (χ0) is 21.8. The van der Waals surface area contributed by atoms with Crippen molar-refractivity contribution in [2.45, 2.75) is 25.6 Å². The molecule has 0 aromatic heterocycles. The van der Waals surface area contributed by atoms with Crippen LogP contribution in [-0.4, -0.2) is 42.3 Å². The van der Waals surface area contributed by atoms with Crippen molar-refractivity contribution in [2.24, 2.45) is 0 Å². The molecule has 4 rings (SSSR count). The molecule has 6 nitrogen and oxygen atoms in total. The number of carbonyl (C=O) groups excluding carboxylic acids is 1. The van der Waals surface area contributed by atoms with Gasteiger partial charge >= 0.3 is 0 Å². The van der Waals surface area contributed by atoms with Crippen LogP contribution in [0.3, 0.4) is 0 Å². The lowest BCUT2D eigenvalue weighted by Gasteiger charge is -2.18. The lowest BCUT2D eigenvalue weighted by molar-refractivity contribution is -0.123. The molecule has 0 spiro atoms. The summed E-state index contributed by atoms with van der Waals surface area (Å²) in [5.74, 6) is 1.14. The molecule has 2 saturated heterocycles. The summed E-state index contributed by atoms with van der Waals surface area (Å²) < 4.78 is 17.0. The maximum atomic E-state index is 12.9. The second kappa shape index (κ2) is 9.68. The summed E-state index contributed by atoms with van der Waals surface area (Å²) in [5.41, 5.74) is 2.10. The quantitative estimate of drug-likeness (QED) is 0.496. The summed E-state index contributed by atoms with van der Waals surface area (Å²) in [6.07, 6.45) is 3.78. The smallest absolute Gasteiger partial charge is 0.276 e. The van der Waals surface area contributed by atoms with Gasteiger partial charge in [0.05, 0.1) is 24.8 Å². The van der Waals surface area contributed by atoms with Crippen LogP contribution in [0.15, 0.2) is 48.2 Å². The molecule has 31 heavy (non-hydrogen) atoms. The van der Waals surface area contributed by atoms with Crippen LogP contribution in [0.5, 0.6) is 11.5 Å². The van der Waals surface area contributed by atoms with E-state index in [4.69, 9.17) is 38.0 Å². The van der Waals surface area contributed by atoms with Crippen LogP contribution in [-0.2, 0) is 16.1 Å². The molecule has 1 atom stereocenters. The molecular weight excluding hydrogens is 436 g/mol. The number of hydrogen-bond donors (Lipinski definition) is 1. The number of rotatable bonds is 7. The third-order valence-corrected chi connectivity index (χ3v) is 5.84. The molecule has 162 valence electrons. The largest absolute Gasteiger partial charge is 0.496 e. The molecule has 1 amide bonds. The van der Waals surface area contributed by atoms with E-state index >= 15 is 0 Å². The number of methoxy groups -OCH3 is 1. The Labute approximate surface area is 191 Å². The Morgan fingerprint density at radius 2 is 2.13 bits per heavy atom. The zero-order valence-electron chi connectivity index (χ0n) is 17.1. The second-order valence-corrected chi connectivity index (χ2v) is 8.12. The van der Waals surface area contributed by atoms with E-state index in [1.807, 2.05) is 36.4 Å². The maximum absolute atomic E-state index is 12.9. The predicted molar refractivity (Wildman–Crippen MR) is 123 cm³/mol. The Bertz CT molecular complexity index is 1020. The molecule has 0 bridgehead atoms. The summed E-state index contributed by atoms with van der Waals surface area (Å²) >= 11 is 11.5. The van der Waals surface area contributed by atoms with E-state index in [-0.39, 0.29) is 18.6 Å². The molecule has 2 aromatic carbocycles. The number of benzene rings is 2. The second-order valence-electron chi connectivity index (χ2n) is 7.33. The van der Waals surface area contributed by atoms with Crippen LogP contribution in [0.25, 0.3) is 6.08 Å². The molecule has 2 aliphatic heterocycles. The van der Waals surface area contributed by atoms with E-state index in [1.165, 1.54) is 0 Å². The van der Waals surface area contributed by atoms with Crippen LogP contribution in [0.1, 0.15) is 24.0 Å². The highest BCUT2D eigenvalue weighted by molar-refractivity contribution is 7.80. The zero-order valence-corrected chi connectivity index (χ0v) is 18.7. The normalized spacial score (nSPS) is 19.7. The molecule has 1 N–H and O–H groups in total. The fourth-order valence-electron chi connectivity index (χ4n) is 3.61. The molecule has 0 radical (unpaired) electrons. The van der Waals surface area contributed by atoms with Gasteiger partial charge in [0.25, 0.3) is 5.91 Å². The van der Waals surface area contributed by atoms with Crippen LogP contribution in [0.4, 0.5) is 0 Å². The maximum Gasteiger partial charge on any atom is 0.276 e. The predicted octanol–water partition coefficient (Wildman–Crippen LogP) is 4.16. The number of nitrogens with zero attached hydrogens (tertiary/aromatic N) is 1. The lowest BCUT2D eigenvalue weighted by atomic mass is 10.1. The number of thiocarbonyl (C=S) groups is 1. The third kappa shape index (κ3) is 5.01. The van der Waals surface area contributed by atoms with Crippen molar-refractivity contribution in [2.75, 3.05) is 20.3 Å². The van der Waals surface area contributed by atoms with Gasteiger partial charge in [-0.3, -0.25) is 9.69 Å². The molecule has 8 heteroatoms. The Kier molecular flexibility index (Phi) is 6.75. The summed E-state index contributed by atoms with van der Waals surface area (Å²) in [6, 6.07) is 12.9.